The number of anilines is 2. The summed E-state index contributed by atoms with van der Waals surface area (Å²) in [5, 5.41) is 20.1. The van der Waals surface area contributed by atoms with Crippen LogP contribution in [-0.4, -0.2) is 20.3 Å². The van der Waals surface area contributed by atoms with E-state index in [2.05, 4.69) is 43.0 Å². The van der Waals surface area contributed by atoms with Gasteiger partial charge >= 0.3 is 0 Å². The summed E-state index contributed by atoms with van der Waals surface area (Å²) in [6, 6.07) is 12.6. The van der Waals surface area contributed by atoms with E-state index < -0.39 is 0 Å². The first kappa shape index (κ1) is 24.8. The second kappa shape index (κ2) is 12.4. The molecule has 174 valence electrons. The lowest BCUT2D eigenvalue weighted by Crippen LogP contribution is -2.19. The lowest BCUT2D eigenvalue weighted by Gasteiger charge is -2.33. The number of rotatable bonds is 12. The summed E-state index contributed by atoms with van der Waals surface area (Å²) in [5.41, 5.74) is 2.40. The molecule has 0 unspecified atom stereocenters. The zero-order valence-electron chi connectivity index (χ0n) is 19.9. The van der Waals surface area contributed by atoms with E-state index in [1.54, 1.807) is 11.8 Å². The quantitative estimate of drug-likeness (QED) is 0.302. The van der Waals surface area contributed by atoms with Crippen LogP contribution in [0.4, 0.5) is 11.4 Å². The maximum atomic E-state index is 10.1. The summed E-state index contributed by atoms with van der Waals surface area (Å²) < 4.78 is 12.4. The number of para-hydroxylation sites is 1. The number of ether oxygens (including phenoxy) is 2. The standard InChI is InChI=1S/C27H33N3O2S/c1-4-6-8-12-16-31-25-20(18-28)21(19-29)26(32-17-13-9-7-5-2)27-24(25)30(3)22-14-10-11-15-23(22)33-27/h10-11,14-15H,4-9,12-13,16-17H2,1-3H3. The van der Waals surface area contributed by atoms with Crippen LogP contribution in [0.25, 0.3) is 0 Å². The van der Waals surface area contributed by atoms with Crippen LogP contribution >= 0.6 is 11.8 Å². The van der Waals surface area contributed by atoms with Gasteiger partial charge in [0.15, 0.2) is 11.5 Å². The molecule has 3 rings (SSSR count). The van der Waals surface area contributed by atoms with Crippen LogP contribution in [0.5, 0.6) is 11.5 Å². The maximum Gasteiger partial charge on any atom is 0.163 e. The smallest absolute Gasteiger partial charge is 0.163 e. The monoisotopic (exact) mass is 463 g/mol. The second-order valence-electron chi connectivity index (χ2n) is 8.26. The summed E-state index contributed by atoms with van der Waals surface area (Å²) in [4.78, 5) is 4.01. The van der Waals surface area contributed by atoms with Crippen LogP contribution in [0.15, 0.2) is 34.1 Å². The number of hydrogen-bond acceptors (Lipinski definition) is 6. The van der Waals surface area contributed by atoms with Crippen LogP contribution in [0.1, 0.15) is 76.3 Å². The minimum absolute atomic E-state index is 0.266. The van der Waals surface area contributed by atoms with Crippen molar-refractivity contribution in [1.82, 2.24) is 0 Å². The molecule has 0 spiro atoms. The molecule has 0 aromatic heterocycles. The lowest BCUT2D eigenvalue weighted by atomic mass is 10.0. The van der Waals surface area contributed by atoms with Gasteiger partial charge in [-0.25, -0.2) is 0 Å². The van der Waals surface area contributed by atoms with E-state index in [0.717, 1.165) is 72.5 Å². The lowest BCUT2D eigenvalue weighted by molar-refractivity contribution is 0.290. The summed E-state index contributed by atoms with van der Waals surface area (Å²) in [6.07, 6.45) is 8.62. The summed E-state index contributed by atoms with van der Waals surface area (Å²) >= 11 is 1.58. The molecule has 0 bridgehead atoms. The van der Waals surface area contributed by atoms with Crippen molar-refractivity contribution in [2.24, 2.45) is 0 Å². The third-order valence-electron chi connectivity index (χ3n) is 5.83. The number of nitriles is 2. The molecule has 0 fully saturated rings. The van der Waals surface area contributed by atoms with Gasteiger partial charge in [0.25, 0.3) is 0 Å². The normalized spacial score (nSPS) is 11.8. The fourth-order valence-electron chi connectivity index (χ4n) is 4.02. The van der Waals surface area contributed by atoms with Crippen LogP contribution < -0.4 is 14.4 Å². The third-order valence-corrected chi connectivity index (χ3v) is 6.97. The molecule has 0 saturated heterocycles. The van der Waals surface area contributed by atoms with Gasteiger partial charge < -0.3 is 14.4 Å². The van der Waals surface area contributed by atoms with E-state index in [0.29, 0.717) is 24.7 Å². The zero-order chi connectivity index (χ0) is 23.6. The Bertz CT molecular complexity index is 1040. The molecule has 2 aromatic rings. The molecule has 1 aliphatic heterocycles. The Balaban J connectivity index is 2.05. The molecule has 0 amide bonds. The molecule has 0 N–H and O–H groups in total. The van der Waals surface area contributed by atoms with Gasteiger partial charge in [0, 0.05) is 11.9 Å². The van der Waals surface area contributed by atoms with Gasteiger partial charge in [0.05, 0.1) is 23.8 Å². The Labute approximate surface area is 202 Å². The molecule has 5 nitrogen and oxygen atoms in total. The molecule has 2 aromatic carbocycles. The minimum Gasteiger partial charge on any atom is -0.491 e. The molecular formula is C27H33N3O2S. The van der Waals surface area contributed by atoms with Crippen LogP contribution in [0.2, 0.25) is 0 Å². The Hall–Kier alpha value is -2.83. The third kappa shape index (κ3) is 5.57. The summed E-state index contributed by atoms with van der Waals surface area (Å²) in [7, 11) is 1.99. The van der Waals surface area contributed by atoms with Gasteiger partial charge in [-0.15, -0.1) is 0 Å². The van der Waals surface area contributed by atoms with Crippen molar-refractivity contribution in [2.75, 3.05) is 25.2 Å². The van der Waals surface area contributed by atoms with E-state index in [1.807, 2.05) is 19.2 Å². The molecule has 0 aliphatic carbocycles. The van der Waals surface area contributed by atoms with Crippen LogP contribution in [0, 0.1) is 22.7 Å². The SMILES string of the molecule is CCCCCCOc1c(C#N)c(C#N)c(OCCCCCC)c2c1Sc1ccccc1N2C. The van der Waals surface area contributed by atoms with Gasteiger partial charge in [-0.2, -0.15) is 10.5 Å². The highest BCUT2D eigenvalue weighted by Gasteiger charge is 2.33. The molecular weight excluding hydrogens is 430 g/mol. The van der Waals surface area contributed by atoms with E-state index in [1.165, 1.54) is 0 Å². The Morgan fingerprint density at radius 2 is 1.39 bits per heavy atom. The van der Waals surface area contributed by atoms with Crippen molar-refractivity contribution in [3.05, 3.63) is 35.4 Å². The molecule has 0 atom stereocenters. The van der Waals surface area contributed by atoms with E-state index in [4.69, 9.17) is 9.47 Å². The molecule has 6 heteroatoms. The first-order valence-electron chi connectivity index (χ1n) is 12.0. The Morgan fingerprint density at radius 1 is 0.818 bits per heavy atom. The molecule has 33 heavy (non-hydrogen) atoms. The van der Waals surface area contributed by atoms with Gasteiger partial charge in [-0.1, -0.05) is 76.3 Å². The predicted molar refractivity (Wildman–Crippen MR) is 134 cm³/mol. The highest BCUT2D eigenvalue weighted by molar-refractivity contribution is 7.99. The highest BCUT2D eigenvalue weighted by atomic mass is 32.2. The van der Waals surface area contributed by atoms with Gasteiger partial charge in [0.1, 0.15) is 29.0 Å². The predicted octanol–water partition coefficient (Wildman–Crippen LogP) is 7.58. The number of unbranched alkanes of at least 4 members (excludes halogenated alkanes) is 6. The zero-order valence-corrected chi connectivity index (χ0v) is 20.8. The molecule has 1 aliphatic rings. The number of fused-ring (bicyclic) bond motifs is 2. The van der Waals surface area contributed by atoms with Crippen molar-refractivity contribution in [1.29, 1.82) is 10.5 Å². The summed E-state index contributed by atoms with van der Waals surface area (Å²) in [6.45, 7) is 5.39. The number of benzene rings is 2. The van der Waals surface area contributed by atoms with Crippen molar-refractivity contribution >= 4 is 23.1 Å². The van der Waals surface area contributed by atoms with Crippen LogP contribution in [-0.2, 0) is 0 Å². The van der Waals surface area contributed by atoms with E-state index in [-0.39, 0.29) is 11.1 Å². The topological polar surface area (TPSA) is 69.3 Å². The molecule has 0 saturated carbocycles. The molecule has 0 radical (unpaired) electrons. The van der Waals surface area contributed by atoms with Crippen molar-refractivity contribution in [2.45, 2.75) is 75.0 Å². The van der Waals surface area contributed by atoms with Gasteiger partial charge in [0.2, 0.25) is 0 Å². The van der Waals surface area contributed by atoms with Gasteiger partial charge in [-0.05, 0) is 25.0 Å². The van der Waals surface area contributed by atoms with E-state index >= 15 is 0 Å². The fourth-order valence-corrected chi connectivity index (χ4v) is 5.27. The second-order valence-corrected chi connectivity index (χ2v) is 9.31. The first-order valence-corrected chi connectivity index (χ1v) is 12.8. The first-order chi connectivity index (χ1) is 16.2. The minimum atomic E-state index is 0.266. The number of hydrogen-bond donors (Lipinski definition) is 0. The Morgan fingerprint density at radius 3 is 2.00 bits per heavy atom. The maximum absolute atomic E-state index is 10.1. The fraction of sp³-hybridized carbons (Fsp3) is 0.481. The van der Waals surface area contributed by atoms with Crippen molar-refractivity contribution < 1.29 is 9.47 Å². The number of nitrogens with zero attached hydrogens (tertiary/aromatic N) is 3. The largest absolute Gasteiger partial charge is 0.491 e. The average molecular weight is 464 g/mol. The van der Waals surface area contributed by atoms with E-state index in [9.17, 15) is 10.5 Å². The van der Waals surface area contributed by atoms with Crippen LogP contribution in [0.3, 0.4) is 0 Å². The Kier molecular flexibility index (Phi) is 9.34. The highest BCUT2D eigenvalue weighted by Crippen LogP contribution is 2.57. The summed E-state index contributed by atoms with van der Waals surface area (Å²) in [5.74, 6) is 0.994. The van der Waals surface area contributed by atoms with Crippen molar-refractivity contribution in [3.63, 3.8) is 0 Å². The average Bonchev–Trinajstić information content (AvgIpc) is 2.84. The van der Waals surface area contributed by atoms with Crippen molar-refractivity contribution in [3.8, 4) is 23.6 Å². The molecule has 1 heterocycles. The van der Waals surface area contributed by atoms with Gasteiger partial charge in [-0.3, -0.25) is 0 Å².